The van der Waals surface area contributed by atoms with Gasteiger partial charge in [-0.25, -0.2) is 0 Å². The number of ketones is 2. The molecule has 0 radical (unpaired) electrons. The maximum atomic E-state index is 13.6. The zero-order valence-electron chi connectivity index (χ0n) is 19.6. The summed E-state index contributed by atoms with van der Waals surface area (Å²) in [6.45, 7) is 6.33. The minimum absolute atomic E-state index is 0.0794. The van der Waals surface area contributed by atoms with Gasteiger partial charge in [-0.3, -0.25) is 14.4 Å². The fourth-order valence-corrected chi connectivity index (χ4v) is 4.89. The van der Waals surface area contributed by atoms with Gasteiger partial charge in [-0.15, -0.1) is 0 Å². The number of amides is 1. The van der Waals surface area contributed by atoms with Crippen molar-refractivity contribution >= 4 is 17.5 Å². The first-order valence-corrected chi connectivity index (χ1v) is 11.6. The molecule has 2 aliphatic rings. The summed E-state index contributed by atoms with van der Waals surface area (Å²) in [6.07, 6.45) is 0.714. The number of rotatable bonds is 8. The van der Waals surface area contributed by atoms with Crippen LogP contribution >= 0.6 is 0 Å². The molecule has 0 spiro atoms. The lowest BCUT2D eigenvalue weighted by atomic mass is 9.85. The normalized spacial score (nSPS) is 21.2. The first-order valence-electron chi connectivity index (χ1n) is 11.6. The summed E-state index contributed by atoms with van der Waals surface area (Å²) in [5.41, 5.74) is 1.74. The Morgan fingerprint density at radius 3 is 2.50 bits per heavy atom. The third kappa shape index (κ3) is 4.83. The van der Waals surface area contributed by atoms with Crippen LogP contribution in [0.5, 0.6) is 11.5 Å². The average Bonchev–Trinajstić information content (AvgIpc) is 3.09. The lowest BCUT2D eigenvalue weighted by Gasteiger charge is -2.29. The molecule has 2 aliphatic heterocycles. The van der Waals surface area contributed by atoms with E-state index in [0.29, 0.717) is 35.4 Å². The highest BCUT2D eigenvalue weighted by atomic mass is 16.5. The van der Waals surface area contributed by atoms with E-state index in [2.05, 4.69) is 0 Å². The maximum Gasteiger partial charge on any atom is 0.291 e. The van der Waals surface area contributed by atoms with Crippen LogP contribution in [0.3, 0.4) is 0 Å². The summed E-state index contributed by atoms with van der Waals surface area (Å²) >= 11 is 0. The third-order valence-corrected chi connectivity index (χ3v) is 6.75. The molecule has 2 N–H and O–H groups in total. The number of nitrogens with zero attached hydrogens (tertiary/aromatic N) is 1. The Bertz CT molecular complexity index is 1060. The zero-order chi connectivity index (χ0) is 24.2. The summed E-state index contributed by atoms with van der Waals surface area (Å²) in [7, 11) is 1.55. The summed E-state index contributed by atoms with van der Waals surface area (Å²) < 4.78 is 10.6. The van der Waals surface area contributed by atoms with Crippen molar-refractivity contribution in [3.63, 3.8) is 0 Å². The van der Waals surface area contributed by atoms with E-state index in [9.17, 15) is 19.5 Å². The van der Waals surface area contributed by atoms with Gasteiger partial charge >= 0.3 is 0 Å². The lowest BCUT2D eigenvalue weighted by Crippen LogP contribution is -3.14. The zero-order valence-corrected chi connectivity index (χ0v) is 19.6. The molecule has 180 valence electrons. The van der Waals surface area contributed by atoms with Gasteiger partial charge in [0.1, 0.15) is 30.5 Å². The largest absolute Gasteiger partial charge is 0.508 e. The lowest BCUT2D eigenvalue weighted by molar-refractivity contribution is -0.908. The molecule has 4 rings (SSSR count). The summed E-state index contributed by atoms with van der Waals surface area (Å²) in [6, 6.07) is 10.7. The number of methoxy groups -OCH3 is 1. The van der Waals surface area contributed by atoms with Crippen LogP contribution in [0.4, 0.5) is 0 Å². The van der Waals surface area contributed by atoms with Gasteiger partial charge in [0.2, 0.25) is 5.78 Å². The van der Waals surface area contributed by atoms with Crippen LogP contribution < -0.4 is 9.64 Å². The van der Waals surface area contributed by atoms with E-state index < -0.39 is 23.7 Å². The van der Waals surface area contributed by atoms with Crippen molar-refractivity contribution in [2.45, 2.75) is 19.4 Å². The van der Waals surface area contributed by atoms with Gasteiger partial charge < -0.3 is 24.4 Å². The Kier molecular flexibility index (Phi) is 7.29. The van der Waals surface area contributed by atoms with Crippen molar-refractivity contribution in [2.24, 2.45) is 5.92 Å². The Morgan fingerprint density at radius 1 is 1.15 bits per heavy atom. The van der Waals surface area contributed by atoms with Gasteiger partial charge in [-0.05, 0) is 48.4 Å². The van der Waals surface area contributed by atoms with E-state index in [0.717, 1.165) is 32.8 Å². The van der Waals surface area contributed by atoms with Gasteiger partial charge in [0.05, 0.1) is 32.9 Å². The number of benzene rings is 2. The molecule has 0 bridgehead atoms. The predicted molar refractivity (Wildman–Crippen MR) is 124 cm³/mol. The minimum Gasteiger partial charge on any atom is -0.508 e. The Morgan fingerprint density at radius 2 is 1.85 bits per heavy atom. The molecule has 1 amide bonds. The first kappa shape index (κ1) is 23.9. The molecule has 8 nitrogen and oxygen atoms in total. The highest BCUT2D eigenvalue weighted by molar-refractivity contribution is 6.44. The number of phenolic OH excluding ortho intramolecular Hbond substituents is 1. The quantitative estimate of drug-likeness (QED) is 0.341. The highest BCUT2D eigenvalue weighted by Crippen LogP contribution is 2.39. The second-order valence-electron chi connectivity index (χ2n) is 8.89. The summed E-state index contributed by atoms with van der Waals surface area (Å²) in [4.78, 5) is 42.8. The van der Waals surface area contributed by atoms with Crippen LogP contribution in [0, 0.1) is 12.8 Å². The first-order chi connectivity index (χ1) is 16.4. The van der Waals surface area contributed by atoms with Crippen molar-refractivity contribution in [2.75, 3.05) is 46.5 Å². The molecular weight excluding hydrogens is 436 g/mol. The monoisotopic (exact) mass is 467 g/mol. The van der Waals surface area contributed by atoms with Crippen molar-refractivity contribution in [1.29, 1.82) is 0 Å². The fraction of sp³-hybridized carbons (Fsp3) is 0.423. The number of aromatic hydroxyl groups is 1. The number of phenols is 1. The van der Waals surface area contributed by atoms with E-state index in [4.69, 9.17) is 9.47 Å². The van der Waals surface area contributed by atoms with Crippen molar-refractivity contribution in [1.82, 2.24) is 4.90 Å². The van der Waals surface area contributed by atoms with E-state index in [1.807, 2.05) is 0 Å². The molecule has 2 saturated heterocycles. The van der Waals surface area contributed by atoms with Gasteiger partial charge in [-0.1, -0.05) is 12.1 Å². The molecule has 2 aromatic rings. The molecular formula is C26H31N2O6+. The fourth-order valence-electron chi connectivity index (χ4n) is 4.89. The molecule has 0 saturated carbocycles. The highest BCUT2D eigenvalue weighted by Gasteiger charge is 2.51. The minimum atomic E-state index is -1.14. The van der Waals surface area contributed by atoms with Crippen LogP contribution in [0.25, 0.3) is 0 Å². The molecule has 2 fully saturated rings. The molecule has 2 atom stereocenters. The van der Waals surface area contributed by atoms with E-state index in [1.165, 1.54) is 21.9 Å². The van der Waals surface area contributed by atoms with Gasteiger partial charge in [-0.2, -0.15) is 0 Å². The number of nitrogens with one attached hydrogen (secondary N) is 1. The van der Waals surface area contributed by atoms with E-state index in [1.54, 1.807) is 44.4 Å². The van der Waals surface area contributed by atoms with Crippen molar-refractivity contribution in [3.8, 4) is 11.5 Å². The standard InChI is InChI=1S/C26H30N2O6/c1-17-16-20(33-2)8-9-21(17)24(30)22-23(18-4-6-19(29)7-5-18)28(26(32)25(22)31)11-3-10-27-12-14-34-15-13-27/h4-9,16,22-23,29H,3,10-15H2,1-2H3/p+1. The topological polar surface area (TPSA) is 97.6 Å². The van der Waals surface area contributed by atoms with Crippen molar-refractivity contribution in [3.05, 3.63) is 59.2 Å². The summed E-state index contributed by atoms with van der Waals surface area (Å²) in [5.74, 6) is -2.13. The number of hydrogen-bond acceptors (Lipinski definition) is 6. The Labute approximate surface area is 199 Å². The molecule has 0 aliphatic carbocycles. The number of carbonyl (C=O) groups excluding carboxylic acids is 3. The smallest absolute Gasteiger partial charge is 0.291 e. The molecule has 2 unspecified atom stereocenters. The van der Waals surface area contributed by atoms with Crippen LogP contribution in [0.15, 0.2) is 42.5 Å². The molecule has 8 heteroatoms. The number of carbonyl (C=O) groups is 3. The second-order valence-corrected chi connectivity index (χ2v) is 8.89. The number of ether oxygens (including phenoxy) is 2. The van der Waals surface area contributed by atoms with E-state index in [-0.39, 0.29) is 11.5 Å². The van der Waals surface area contributed by atoms with Crippen LogP contribution in [0.1, 0.15) is 33.9 Å². The van der Waals surface area contributed by atoms with Crippen LogP contribution in [0.2, 0.25) is 0 Å². The summed E-state index contributed by atoms with van der Waals surface area (Å²) in [5, 5.41) is 9.75. The molecule has 2 heterocycles. The third-order valence-electron chi connectivity index (χ3n) is 6.75. The number of Topliss-reactive ketones (excluding diaryl/α,β-unsaturated/α-hetero) is 2. The van der Waals surface area contributed by atoms with Gasteiger partial charge in [0.15, 0.2) is 5.78 Å². The van der Waals surface area contributed by atoms with Crippen LogP contribution in [-0.2, 0) is 14.3 Å². The Hall–Kier alpha value is -3.23. The van der Waals surface area contributed by atoms with Crippen molar-refractivity contribution < 1.29 is 33.9 Å². The van der Waals surface area contributed by atoms with E-state index >= 15 is 0 Å². The SMILES string of the molecule is COc1ccc(C(=O)C2C(=O)C(=O)N(CCC[NH+]3CCOCC3)C2c2ccc(O)cc2)c(C)c1. The number of morpholine rings is 1. The second kappa shape index (κ2) is 10.4. The molecule has 0 aromatic heterocycles. The molecule has 34 heavy (non-hydrogen) atoms. The number of quaternary nitrogens is 1. The predicted octanol–water partition coefficient (Wildman–Crippen LogP) is 0.966. The van der Waals surface area contributed by atoms with Crippen LogP contribution in [-0.4, -0.2) is 74.0 Å². The number of likely N-dealkylation sites (tertiary alicyclic amines) is 1. The number of hydrogen-bond donors (Lipinski definition) is 2. The van der Waals surface area contributed by atoms with Gasteiger partial charge in [0, 0.05) is 18.5 Å². The molecule has 2 aromatic carbocycles. The average molecular weight is 468 g/mol. The number of aryl methyl sites for hydroxylation is 1. The Balaban J connectivity index is 1.62. The maximum absolute atomic E-state index is 13.6. The van der Waals surface area contributed by atoms with Gasteiger partial charge in [0.25, 0.3) is 5.91 Å².